The van der Waals surface area contributed by atoms with Crippen molar-refractivity contribution in [1.82, 2.24) is 4.98 Å². The molecule has 0 unspecified atom stereocenters. The van der Waals surface area contributed by atoms with E-state index >= 15 is 0 Å². The first-order valence-corrected chi connectivity index (χ1v) is 6.88. The Hall–Kier alpha value is -0.242. The second-order valence-electron chi connectivity index (χ2n) is 2.89. The van der Waals surface area contributed by atoms with Gasteiger partial charge in [-0.2, -0.15) is 0 Å². The predicted octanol–water partition coefficient (Wildman–Crippen LogP) is 2.79. The molecular formula is C11H7AsBrNS. The second kappa shape index (κ2) is 5.20. The summed E-state index contributed by atoms with van der Waals surface area (Å²) in [4.78, 5) is 6.67. The summed E-state index contributed by atoms with van der Waals surface area (Å²) in [7, 11) is 0. The zero-order chi connectivity index (χ0) is 10.7. The molecule has 2 radical (unpaired) electrons. The SMILES string of the molecule is [As]c1ncc(Br)cc1Sc1ccccc1. The minimum atomic E-state index is 1.000. The van der Waals surface area contributed by atoms with Crippen LogP contribution in [-0.4, -0.2) is 21.8 Å². The maximum absolute atomic E-state index is 4.28. The average Bonchev–Trinajstić information content (AvgIpc) is 2.25. The van der Waals surface area contributed by atoms with Crippen molar-refractivity contribution in [3.8, 4) is 0 Å². The molecule has 0 N–H and O–H groups in total. The van der Waals surface area contributed by atoms with E-state index in [1.165, 1.54) is 4.90 Å². The summed E-state index contributed by atoms with van der Waals surface area (Å²) in [6, 6.07) is 12.4. The van der Waals surface area contributed by atoms with E-state index in [4.69, 9.17) is 0 Å². The van der Waals surface area contributed by atoms with Crippen molar-refractivity contribution in [2.75, 3.05) is 0 Å². The topological polar surface area (TPSA) is 12.9 Å². The molecule has 1 heterocycles. The summed E-state index contributed by atoms with van der Waals surface area (Å²) in [5.74, 6) is 0. The van der Waals surface area contributed by atoms with E-state index in [1.807, 2.05) is 24.4 Å². The van der Waals surface area contributed by atoms with Gasteiger partial charge in [0.1, 0.15) is 0 Å². The molecule has 2 aromatic rings. The van der Waals surface area contributed by atoms with E-state index in [0.29, 0.717) is 0 Å². The van der Waals surface area contributed by atoms with Gasteiger partial charge in [0.2, 0.25) is 0 Å². The third-order valence-corrected chi connectivity index (χ3v) is 4.32. The Morgan fingerprint density at radius 1 is 1.20 bits per heavy atom. The number of rotatable bonds is 2. The van der Waals surface area contributed by atoms with Crippen LogP contribution in [0.5, 0.6) is 0 Å². The summed E-state index contributed by atoms with van der Waals surface area (Å²) in [6.45, 7) is 0. The quantitative estimate of drug-likeness (QED) is 0.780. The van der Waals surface area contributed by atoms with Gasteiger partial charge in [-0.05, 0) is 0 Å². The monoisotopic (exact) mass is 339 g/mol. The van der Waals surface area contributed by atoms with E-state index in [1.54, 1.807) is 11.8 Å². The molecule has 4 heteroatoms. The molecule has 74 valence electrons. The van der Waals surface area contributed by atoms with E-state index < -0.39 is 0 Å². The van der Waals surface area contributed by atoms with Gasteiger partial charge in [0.25, 0.3) is 0 Å². The molecule has 0 aliphatic carbocycles. The van der Waals surface area contributed by atoms with Crippen molar-refractivity contribution in [2.24, 2.45) is 0 Å². The fourth-order valence-electron chi connectivity index (χ4n) is 1.10. The third-order valence-electron chi connectivity index (χ3n) is 1.77. The number of hydrogen-bond donors (Lipinski definition) is 0. The van der Waals surface area contributed by atoms with E-state index in [9.17, 15) is 0 Å². The van der Waals surface area contributed by atoms with Crippen LogP contribution in [0.4, 0.5) is 0 Å². The van der Waals surface area contributed by atoms with Crippen LogP contribution in [0.25, 0.3) is 0 Å². The molecule has 0 aliphatic rings. The summed E-state index contributed by atoms with van der Waals surface area (Å²) in [5, 5.41) is 0. The van der Waals surface area contributed by atoms with E-state index in [-0.39, 0.29) is 0 Å². The molecule has 0 atom stereocenters. The maximum atomic E-state index is 4.28. The first kappa shape index (κ1) is 11.2. The van der Waals surface area contributed by atoms with Crippen molar-refractivity contribution in [3.05, 3.63) is 47.1 Å². The van der Waals surface area contributed by atoms with Gasteiger partial charge in [-0.25, -0.2) is 0 Å². The Balaban J connectivity index is 2.28. The minimum absolute atomic E-state index is 1.000. The fraction of sp³-hybridized carbons (Fsp3) is 0. The molecule has 1 aromatic heterocycles. The van der Waals surface area contributed by atoms with Crippen LogP contribution in [0.3, 0.4) is 0 Å². The normalized spacial score (nSPS) is 10.3. The van der Waals surface area contributed by atoms with Crippen LogP contribution in [0.1, 0.15) is 0 Å². The summed E-state index contributed by atoms with van der Waals surface area (Å²) in [6.07, 6.45) is 1.81. The molecule has 0 aliphatic heterocycles. The molecule has 1 nitrogen and oxygen atoms in total. The van der Waals surface area contributed by atoms with Crippen LogP contribution in [-0.2, 0) is 0 Å². The molecule has 1 aromatic carbocycles. The van der Waals surface area contributed by atoms with Crippen molar-refractivity contribution in [1.29, 1.82) is 0 Å². The van der Waals surface area contributed by atoms with Gasteiger partial charge in [0.15, 0.2) is 0 Å². The Morgan fingerprint density at radius 2 is 1.93 bits per heavy atom. The van der Waals surface area contributed by atoms with Crippen molar-refractivity contribution in [3.63, 3.8) is 0 Å². The fourth-order valence-corrected chi connectivity index (χ4v) is 3.01. The van der Waals surface area contributed by atoms with Crippen LogP contribution in [0, 0.1) is 0 Å². The van der Waals surface area contributed by atoms with Crippen molar-refractivity contribution >= 4 is 49.0 Å². The van der Waals surface area contributed by atoms with Gasteiger partial charge in [0, 0.05) is 0 Å². The van der Waals surface area contributed by atoms with Crippen molar-refractivity contribution in [2.45, 2.75) is 9.79 Å². The van der Waals surface area contributed by atoms with Crippen molar-refractivity contribution < 1.29 is 0 Å². The Morgan fingerprint density at radius 3 is 2.67 bits per heavy atom. The molecule has 0 fully saturated rings. The van der Waals surface area contributed by atoms with E-state index in [0.717, 1.165) is 13.8 Å². The molecule has 0 spiro atoms. The first-order chi connectivity index (χ1) is 7.25. The number of hydrogen-bond acceptors (Lipinski definition) is 2. The van der Waals surface area contributed by atoms with Gasteiger partial charge in [-0.15, -0.1) is 0 Å². The van der Waals surface area contributed by atoms with Gasteiger partial charge in [0.05, 0.1) is 0 Å². The van der Waals surface area contributed by atoms with Gasteiger partial charge >= 0.3 is 111 Å². The Kier molecular flexibility index (Phi) is 3.90. The second-order valence-corrected chi connectivity index (χ2v) is 5.81. The molecule has 15 heavy (non-hydrogen) atoms. The summed E-state index contributed by atoms with van der Waals surface area (Å²) >= 11 is 7.64. The standard InChI is InChI=1S/C11H7AsBrNS/c12-11-10(6-8(13)7-14-11)15-9-4-2-1-3-5-9/h1-7H. The van der Waals surface area contributed by atoms with Gasteiger partial charge < -0.3 is 0 Å². The van der Waals surface area contributed by atoms with Gasteiger partial charge in [-0.3, -0.25) is 0 Å². The number of aromatic nitrogens is 1. The molecular weight excluding hydrogens is 333 g/mol. The van der Waals surface area contributed by atoms with Crippen LogP contribution < -0.4 is 4.48 Å². The molecule has 0 bridgehead atoms. The third kappa shape index (κ3) is 3.10. The molecule has 2 rings (SSSR count). The van der Waals surface area contributed by atoms with Crippen LogP contribution >= 0.6 is 27.7 Å². The predicted molar refractivity (Wildman–Crippen MR) is 67.9 cm³/mol. The van der Waals surface area contributed by atoms with E-state index in [2.05, 4.69) is 56.0 Å². The molecule has 0 saturated carbocycles. The van der Waals surface area contributed by atoms with Crippen LogP contribution in [0.15, 0.2) is 56.9 Å². The molecule has 0 amide bonds. The number of halogens is 1. The Bertz CT molecular complexity index is 461. The Labute approximate surface area is 110 Å². The zero-order valence-corrected chi connectivity index (χ0v) is 12.0. The molecule has 0 saturated heterocycles. The first-order valence-electron chi connectivity index (χ1n) is 4.33. The summed E-state index contributed by atoms with van der Waals surface area (Å²) in [5.41, 5.74) is 0. The zero-order valence-electron chi connectivity index (χ0n) is 7.72. The van der Waals surface area contributed by atoms with Crippen LogP contribution in [0.2, 0.25) is 0 Å². The number of benzene rings is 1. The number of pyridine rings is 1. The van der Waals surface area contributed by atoms with Gasteiger partial charge in [-0.1, -0.05) is 0 Å². The average molecular weight is 340 g/mol. The number of nitrogens with zero attached hydrogens (tertiary/aromatic N) is 1. The summed E-state index contributed by atoms with van der Waals surface area (Å²) < 4.78 is 2.01.